The highest BCUT2D eigenvalue weighted by molar-refractivity contribution is 6.46. The number of nitrogen functional groups attached to an aromatic ring is 1. The van der Waals surface area contributed by atoms with Gasteiger partial charge >= 0.3 is 0 Å². The molecule has 0 bridgehead atoms. The number of piperidine rings is 1. The standard InChI is InChI=1S/C43H57N3O3/c1-3-30-12-13-33(29-46-24-22-37(47)23-25-46)27-36(26-30)35-18-20-40(44)39(28-35)43(45)42(49)11-7-10-32-14-17-34(4-2)38(19-15-32)41(48)21-16-31-8-5-6-9-31/h13-15,18-20,26-28,31,37,45,47H,3-12,16-17,21-25,29,44H2,1-2H3. The molecule has 0 radical (unpaired) electrons. The van der Waals surface area contributed by atoms with Crippen molar-refractivity contribution >= 4 is 28.5 Å². The number of hydrogen-bond acceptors (Lipinski definition) is 6. The zero-order valence-corrected chi connectivity index (χ0v) is 29.9. The SMILES string of the molecule is CCC1=CC(c2ccc(N)c(C(=N)C(=O)CCCC3=CCC(CC)=C(C(=O)CCC4CCCC4)C=C3)c2)=CC(CN2CCC(O)CC2)=CC1. The van der Waals surface area contributed by atoms with E-state index in [4.69, 9.17) is 11.1 Å². The number of allylic oxidation sites excluding steroid dienone is 10. The average Bonchev–Trinajstić information content (AvgIpc) is 3.44. The molecule has 0 atom stereocenters. The van der Waals surface area contributed by atoms with Crippen LogP contribution in [0.4, 0.5) is 5.69 Å². The van der Waals surface area contributed by atoms with Crippen molar-refractivity contribution in [2.24, 2.45) is 5.92 Å². The van der Waals surface area contributed by atoms with Gasteiger partial charge in [0.15, 0.2) is 11.6 Å². The van der Waals surface area contributed by atoms with Crippen molar-refractivity contribution in [1.82, 2.24) is 4.90 Å². The number of Topliss-reactive ketones (excluding diaryl/α,β-unsaturated/α-hetero) is 2. The van der Waals surface area contributed by atoms with Crippen LogP contribution in [0.5, 0.6) is 0 Å². The molecule has 4 N–H and O–H groups in total. The third-order valence-corrected chi connectivity index (χ3v) is 11.0. The number of ketones is 2. The van der Waals surface area contributed by atoms with Crippen LogP contribution < -0.4 is 5.73 Å². The molecular formula is C43H57N3O3. The van der Waals surface area contributed by atoms with E-state index in [1.807, 2.05) is 24.3 Å². The number of likely N-dealkylation sites (tertiary alicyclic amines) is 1. The van der Waals surface area contributed by atoms with Crippen LogP contribution in [0, 0.1) is 11.3 Å². The van der Waals surface area contributed by atoms with Gasteiger partial charge < -0.3 is 10.8 Å². The number of rotatable bonds is 15. The van der Waals surface area contributed by atoms with E-state index in [0.717, 1.165) is 93.3 Å². The van der Waals surface area contributed by atoms with Crippen molar-refractivity contribution < 1.29 is 14.7 Å². The van der Waals surface area contributed by atoms with E-state index >= 15 is 0 Å². The number of aliphatic hydroxyl groups is 1. The zero-order chi connectivity index (χ0) is 34.8. The third-order valence-electron chi connectivity index (χ3n) is 11.0. The Morgan fingerprint density at radius 1 is 0.939 bits per heavy atom. The average molecular weight is 664 g/mol. The van der Waals surface area contributed by atoms with Crippen LogP contribution in [0.25, 0.3) is 5.57 Å². The topological polar surface area (TPSA) is 107 Å². The molecule has 3 aliphatic carbocycles. The molecule has 0 aromatic heterocycles. The summed E-state index contributed by atoms with van der Waals surface area (Å²) in [4.78, 5) is 28.9. The molecule has 1 aliphatic heterocycles. The monoisotopic (exact) mass is 663 g/mol. The molecule has 49 heavy (non-hydrogen) atoms. The summed E-state index contributed by atoms with van der Waals surface area (Å²) in [6.07, 6.45) is 26.4. The summed E-state index contributed by atoms with van der Waals surface area (Å²) in [6.45, 7) is 6.93. The lowest BCUT2D eigenvalue weighted by atomic mass is 9.93. The Hall–Kier alpha value is -3.61. The van der Waals surface area contributed by atoms with Crippen molar-refractivity contribution in [3.8, 4) is 0 Å². The van der Waals surface area contributed by atoms with Crippen LogP contribution in [0.1, 0.15) is 121 Å². The molecule has 5 rings (SSSR count). The highest BCUT2D eigenvalue weighted by atomic mass is 16.3. The number of nitrogens with one attached hydrogen (secondary N) is 1. The van der Waals surface area contributed by atoms with Gasteiger partial charge in [0, 0.05) is 49.3 Å². The number of carbonyl (C=O) groups excluding carboxylic acids is 2. The summed E-state index contributed by atoms with van der Waals surface area (Å²) in [6, 6.07) is 5.72. The van der Waals surface area contributed by atoms with Gasteiger partial charge in [-0.05, 0) is 92.5 Å². The fourth-order valence-corrected chi connectivity index (χ4v) is 7.70. The van der Waals surface area contributed by atoms with Crippen molar-refractivity contribution in [3.63, 3.8) is 0 Å². The van der Waals surface area contributed by atoms with Gasteiger partial charge in [-0.15, -0.1) is 0 Å². The molecule has 2 fully saturated rings. The van der Waals surface area contributed by atoms with Crippen molar-refractivity contribution in [3.05, 3.63) is 93.6 Å². The number of benzene rings is 1. The molecule has 1 aromatic rings. The lowest BCUT2D eigenvalue weighted by Gasteiger charge is -2.29. The van der Waals surface area contributed by atoms with Gasteiger partial charge in [0.05, 0.1) is 6.10 Å². The van der Waals surface area contributed by atoms with Crippen LogP contribution in [0.15, 0.2) is 82.5 Å². The molecule has 0 spiro atoms. The number of aliphatic hydroxyl groups excluding tert-OH is 1. The molecule has 0 amide bonds. The van der Waals surface area contributed by atoms with Crippen LogP contribution in [-0.4, -0.2) is 53.0 Å². The molecule has 1 aromatic carbocycles. The van der Waals surface area contributed by atoms with Gasteiger partial charge in [0.25, 0.3) is 0 Å². The molecule has 6 heteroatoms. The first-order valence-corrected chi connectivity index (χ1v) is 18.9. The minimum Gasteiger partial charge on any atom is -0.398 e. The van der Waals surface area contributed by atoms with Gasteiger partial charge in [0.2, 0.25) is 0 Å². The van der Waals surface area contributed by atoms with Crippen LogP contribution in [0.3, 0.4) is 0 Å². The smallest absolute Gasteiger partial charge is 0.181 e. The Bertz CT molecular complexity index is 1570. The maximum atomic E-state index is 13.3. The summed E-state index contributed by atoms with van der Waals surface area (Å²) in [5, 5.41) is 18.8. The quantitative estimate of drug-likeness (QED) is 0.128. The summed E-state index contributed by atoms with van der Waals surface area (Å²) in [5.41, 5.74) is 15.1. The van der Waals surface area contributed by atoms with E-state index in [1.54, 1.807) is 0 Å². The van der Waals surface area contributed by atoms with E-state index in [2.05, 4.69) is 49.1 Å². The Morgan fingerprint density at radius 3 is 2.43 bits per heavy atom. The molecule has 1 saturated heterocycles. The molecule has 262 valence electrons. The van der Waals surface area contributed by atoms with Crippen molar-refractivity contribution in [1.29, 1.82) is 5.41 Å². The van der Waals surface area contributed by atoms with E-state index in [9.17, 15) is 14.7 Å². The third kappa shape index (κ3) is 10.2. The molecule has 0 unspecified atom stereocenters. The molecule has 1 saturated carbocycles. The molecule has 1 heterocycles. The maximum absolute atomic E-state index is 13.3. The molecular weight excluding hydrogens is 606 g/mol. The Morgan fingerprint density at radius 2 is 1.69 bits per heavy atom. The largest absolute Gasteiger partial charge is 0.398 e. The summed E-state index contributed by atoms with van der Waals surface area (Å²) in [5.74, 6) is 0.780. The lowest BCUT2D eigenvalue weighted by Crippen LogP contribution is -2.36. The number of nitrogens with zero attached hydrogens (tertiary/aromatic N) is 1. The van der Waals surface area contributed by atoms with Gasteiger partial charge in [-0.3, -0.25) is 19.9 Å². The number of nitrogens with two attached hydrogens (primary N) is 1. The first kappa shape index (κ1) is 36.7. The lowest BCUT2D eigenvalue weighted by molar-refractivity contribution is -0.115. The fourth-order valence-electron chi connectivity index (χ4n) is 7.70. The maximum Gasteiger partial charge on any atom is 0.181 e. The zero-order valence-electron chi connectivity index (χ0n) is 29.9. The van der Waals surface area contributed by atoms with E-state index < -0.39 is 0 Å². The summed E-state index contributed by atoms with van der Waals surface area (Å²) >= 11 is 0. The minimum absolute atomic E-state index is 0.0358. The van der Waals surface area contributed by atoms with Crippen molar-refractivity contribution in [2.75, 3.05) is 25.4 Å². The van der Waals surface area contributed by atoms with E-state index in [-0.39, 0.29) is 29.8 Å². The Kier molecular flexibility index (Phi) is 13.4. The van der Waals surface area contributed by atoms with Gasteiger partial charge in [-0.1, -0.05) is 98.8 Å². The molecule has 6 nitrogen and oxygen atoms in total. The second-order valence-corrected chi connectivity index (χ2v) is 14.5. The van der Waals surface area contributed by atoms with Crippen LogP contribution in [-0.2, 0) is 9.59 Å². The van der Waals surface area contributed by atoms with Gasteiger partial charge in [-0.2, -0.15) is 0 Å². The Labute approximate surface area is 294 Å². The van der Waals surface area contributed by atoms with Gasteiger partial charge in [0.1, 0.15) is 5.71 Å². The van der Waals surface area contributed by atoms with Gasteiger partial charge in [-0.25, -0.2) is 0 Å². The minimum atomic E-state index is -0.204. The van der Waals surface area contributed by atoms with E-state index in [0.29, 0.717) is 30.0 Å². The summed E-state index contributed by atoms with van der Waals surface area (Å²) in [7, 11) is 0. The number of anilines is 1. The predicted molar refractivity (Wildman–Crippen MR) is 203 cm³/mol. The Balaban J connectivity index is 1.19. The normalized spacial score (nSPS) is 19.6. The number of hydrogen-bond donors (Lipinski definition) is 3. The fraction of sp³-hybridized carbons (Fsp3) is 0.512. The molecule has 4 aliphatic rings. The summed E-state index contributed by atoms with van der Waals surface area (Å²) < 4.78 is 0. The first-order valence-electron chi connectivity index (χ1n) is 18.9. The highest BCUT2D eigenvalue weighted by Crippen LogP contribution is 2.32. The van der Waals surface area contributed by atoms with E-state index in [1.165, 1.54) is 42.4 Å². The number of carbonyl (C=O) groups is 2. The van der Waals surface area contributed by atoms with Crippen LogP contribution in [0.2, 0.25) is 0 Å². The first-order chi connectivity index (χ1) is 23.7. The highest BCUT2D eigenvalue weighted by Gasteiger charge is 2.21. The predicted octanol–water partition coefficient (Wildman–Crippen LogP) is 9.02. The van der Waals surface area contributed by atoms with Crippen LogP contribution >= 0.6 is 0 Å². The second-order valence-electron chi connectivity index (χ2n) is 14.5. The second kappa shape index (κ2) is 17.9. The van der Waals surface area contributed by atoms with Crippen molar-refractivity contribution in [2.45, 2.75) is 116 Å².